The van der Waals surface area contributed by atoms with Crippen LogP contribution in [-0.2, 0) is 13.1 Å². The molecule has 1 aliphatic heterocycles. The minimum atomic E-state index is 0.0536. The van der Waals surface area contributed by atoms with Crippen LogP contribution in [0.15, 0.2) is 36.5 Å². The maximum atomic E-state index is 12.5. The van der Waals surface area contributed by atoms with Gasteiger partial charge >= 0.3 is 6.03 Å². The second-order valence-electron chi connectivity index (χ2n) is 7.74. The summed E-state index contributed by atoms with van der Waals surface area (Å²) in [4.78, 5) is 19.1. The zero-order valence-electron chi connectivity index (χ0n) is 15.5. The van der Waals surface area contributed by atoms with Crippen LogP contribution in [0, 0.1) is 12.8 Å². The molecule has 1 atom stereocenters. The average molecular weight is 352 g/mol. The summed E-state index contributed by atoms with van der Waals surface area (Å²) >= 11 is 0. The van der Waals surface area contributed by atoms with Gasteiger partial charge in [-0.05, 0) is 37.7 Å². The van der Waals surface area contributed by atoms with Gasteiger partial charge in [0.2, 0.25) is 0 Å². The Morgan fingerprint density at radius 3 is 2.77 bits per heavy atom. The first-order valence-corrected chi connectivity index (χ1v) is 9.79. The van der Waals surface area contributed by atoms with Crippen molar-refractivity contribution < 1.29 is 4.79 Å². The third-order valence-electron chi connectivity index (χ3n) is 5.86. The number of imidazole rings is 1. The predicted octanol–water partition coefficient (Wildman–Crippen LogP) is 3.69. The third kappa shape index (κ3) is 3.62. The van der Waals surface area contributed by atoms with E-state index in [0.717, 1.165) is 31.6 Å². The second-order valence-corrected chi connectivity index (χ2v) is 7.74. The minimum absolute atomic E-state index is 0.0536. The van der Waals surface area contributed by atoms with Crippen LogP contribution < -0.4 is 5.32 Å². The number of carbonyl (C=O) groups is 1. The van der Waals surface area contributed by atoms with Gasteiger partial charge in [-0.25, -0.2) is 9.78 Å². The molecule has 1 aliphatic carbocycles. The topological polar surface area (TPSA) is 50.2 Å². The maximum Gasteiger partial charge on any atom is 0.317 e. The number of aryl methyl sites for hydroxylation is 1. The fourth-order valence-corrected chi connectivity index (χ4v) is 4.02. The largest absolute Gasteiger partial charge is 0.334 e. The molecule has 1 saturated carbocycles. The van der Waals surface area contributed by atoms with E-state index in [1.165, 1.54) is 30.8 Å². The van der Waals surface area contributed by atoms with Crippen LogP contribution >= 0.6 is 0 Å². The molecule has 1 unspecified atom stereocenters. The monoisotopic (exact) mass is 352 g/mol. The highest BCUT2D eigenvalue weighted by atomic mass is 16.2. The van der Waals surface area contributed by atoms with Crippen molar-refractivity contribution in [1.29, 1.82) is 0 Å². The van der Waals surface area contributed by atoms with Gasteiger partial charge in [-0.3, -0.25) is 0 Å². The Balaban J connectivity index is 1.31. The molecule has 4 rings (SSSR count). The van der Waals surface area contributed by atoms with Crippen molar-refractivity contribution in [2.75, 3.05) is 13.1 Å². The van der Waals surface area contributed by atoms with Gasteiger partial charge in [-0.2, -0.15) is 0 Å². The van der Waals surface area contributed by atoms with Gasteiger partial charge in [0.1, 0.15) is 5.82 Å². The Hall–Kier alpha value is -2.30. The van der Waals surface area contributed by atoms with Gasteiger partial charge < -0.3 is 14.8 Å². The SMILES string of the molecule is Cc1cnc(C2CCC2)n1CC1CCN(C(=O)NCc2ccccc2)C1. The summed E-state index contributed by atoms with van der Waals surface area (Å²) in [7, 11) is 0. The molecule has 26 heavy (non-hydrogen) atoms. The number of aromatic nitrogens is 2. The van der Waals surface area contributed by atoms with Crippen LogP contribution in [0.5, 0.6) is 0 Å². The molecule has 2 aliphatic rings. The zero-order valence-corrected chi connectivity index (χ0v) is 15.5. The summed E-state index contributed by atoms with van der Waals surface area (Å²) in [6.07, 6.45) is 6.95. The number of nitrogens with zero attached hydrogens (tertiary/aromatic N) is 3. The highest BCUT2D eigenvalue weighted by Crippen LogP contribution is 2.36. The lowest BCUT2D eigenvalue weighted by atomic mass is 9.84. The highest BCUT2D eigenvalue weighted by Gasteiger charge is 2.29. The van der Waals surface area contributed by atoms with E-state index in [9.17, 15) is 4.79 Å². The summed E-state index contributed by atoms with van der Waals surface area (Å²) in [5, 5.41) is 3.05. The van der Waals surface area contributed by atoms with E-state index >= 15 is 0 Å². The number of rotatable bonds is 5. The quantitative estimate of drug-likeness (QED) is 0.892. The summed E-state index contributed by atoms with van der Waals surface area (Å²) < 4.78 is 2.40. The molecule has 2 heterocycles. The maximum absolute atomic E-state index is 12.5. The van der Waals surface area contributed by atoms with Crippen molar-refractivity contribution in [2.24, 2.45) is 5.92 Å². The van der Waals surface area contributed by atoms with Gasteiger partial charge in [0, 0.05) is 44.0 Å². The molecule has 5 nitrogen and oxygen atoms in total. The normalized spacial score (nSPS) is 20.2. The van der Waals surface area contributed by atoms with Crippen molar-refractivity contribution in [3.05, 3.63) is 53.6 Å². The minimum Gasteiger partial charge on any atom is -0.334 e. The lowest BCUT2D eigenvalue weighted by Crippen LogP contribution is -2.38. The Labute approximate surface area is 155 Å². The molecule has 2 fully saturated rings. The summed E-state index contributed by atoms with van der Waals surface area (Å²) in [5.74, 6) is 2.43. The molecule has 0 bridgehead atoms. The molecule has 2 aromatic rings. The molecule has 138 valence electrons. The van der Waals surface area contributed by atoms with E-state index in [1.807, 2.05) is 41.4 Å². The van der Waals surface area contributed by atoms with E-state index in [1.54, 1.807) is 0 Å². The van der Waals surface area contributed by atoms with Crippen LogP contribution in [0.2, 0.25) is 0 Å². The van der Waals surface area contributed by atoms with Crippen molar-refractivity contribution in [3.8, 4) is 0 Å². The molecule has 1 aromatic heterocycles. The molecular formula is C21H28N4O. The van der Waals surface area contributed by atoms with E-state index < -0.39 is 0 Å². The number of hydrogen-bond donors (Lipinski definition) is 1. The van der Waals surface area contributed by atoms with E-state index in [2.05, 4.69) is 21.8 Å². The van der Waals surface area contributed by atoms with Gasteiger partial charge in [-0.15, -0.1) is 0 Å². The predicted molar refractivity (Wildman–Crippen MR) is 102 cm³/mol. The molecule has 0 spiro atoms. The lowest BCUT2D eigenvalue weighted by molar-refractivity contribution is 0.206. The number of hydrogen-bond acceptors (Lipinski definition) is 2. The average Bonchev–Trinajstić information content (AvgIpc) is 3.22. The van der Waals surface area contributed by atoms with Crippen molar-refractivity contribution >= 4 is 6.03 Å². The Bertz CT molecular complexity index is 751. The fourth-order valence-electron chi connectivity index (χ4n) is 4.02. The highest BCUT2D eigenvalue weighted by molar-refractivity contribution is 5.74. The first-order valence-electron chi connectivity index (χ1n) is 9.79. The Morgan fingerprint density at radius 2 is 2.04 bits per heavy atom. The van der Waals surface area contributed by atoms with Crippen molar-refractivity contribution in [1.82, 2.24) is 19.8 Å². The fraction of sp³-hybridized carbons (Fsp3) is 0.524. The molecule has 0 radical (unpaired) electrons. The molecule has 5 heteroatoms. The van der Waals surface area contributed by atoms with E-state index in [-0.39, 0.29) is 6.03 Å². The van der Waals surface area contributed by atoms with Gasteiger partial charge in [-0.1, -0.05) is 36.8 Å². The number of urea groups is 1. The number of nitrogens with one attached hydrogen (secondary N) is 1. The second kappa shape index (κ2) is 7.52. The number of carbonyl (C=O) groups excluding carboxylic acids is 1. The van der Waals surface area contributed by atoms with Crippen LogP contribution in [0.3, 0.4) is 0 Å². The third-order valence-corrected chi connectivity index (χ3v) is 5.86. The molecule has 1 N–H and O–H groups in total. The molecule has 2 amide bonds. The molecular weight excluding hydrogens is 324 g/mol. The summed E-state index contributed by atoms with van der Waals surface area (Å²) in [6, 6.07) is 10.1. The van der Waals surface area contributed by atoms with Crippen LogP contribution in [0.4, 0.5) is 4.79 Å². The summed E-state index contributed by atoms with van der Waals surface area (Å²) in [6.45, 7) is 5.40. The van der Waals surface area contributed by atoms with Crippen LogP contribution in [-0.4, -0.2) is 33.6 Å². The number of benzene rings is 1. The summed E-state index contributed by atoms with van der Waals surface area (Å²) in [5.41, 5.74) is 2.38. The van der Waals surface area contributed by atoms with E-state index in [4.69, 9.17) is 0 Å². The number of amides is 2. The van der Waals surface area contributed by atoms with Gasteiger partial charge in [0.25, 0.3) is 0 Å². The zero-order chi connectivity index (χ0) is 17.9. The lowest BCUT2D eigenvalue weighted by Gasteiger charge is -2.27. The van der Waals surface area contributed by atoms with Crippen molar-refractivity contribution in [2.45, 2.75) is 51.6 Å². The van der Waals surface area contributed by atoms with Crippen molar-refractivity contribution in [3.63, 3.8) is 0 Å². The van der Waals surface area contributed by atoms with Crippen LogP contribution in [0.25, 0.3) is 0 Å². The standard InChI is InChI=1S/C21H28N4O/c1-16-12-22-20(19-8-5-9-19)25(16)15-18-10-11-24(14-18)21(26)23-13-17-6-3-2-4-7-17/h2-4,6-7,12,18-19H,5,8-11,13-15H2,1H3,(H,23,26). The first kappa shape index (κ1) is 17.1. The Kier molecular flexibility index (Phi) is 4.96. The van der Waals surface area contributed by atoms with Gasteiger partial charge in [0.05, 0.1) is 0 Å². The molecule has 1 aromatic carbocycles. The van der Waals surface area contributed by atoms with Gasteiger partial charge in [0.15, 0.2) is 0 Å². The Morgan fingerprint density at radius 1 is 1.23 bits per heavy atom. The molecule has 1 saturated heterocycles. The van der Waals surface area contributed by atoms with Crippen LogP contribution in [0.1, 0.15) is 48.7 Å². The smallest absolute Gasteiger partial charge is 0.317 e. The van der Waals surface area contributed by atoms with E-state index in [0.29, 0.717) is 18.4 Å². The first-order chi connectivity index (χ1) is 12.7. The number of likely N-dealkylation sites (tertiary alicyclic amines) is 1.